The van der Waals surface area contributed by atoms with Gasteiger partial charge in [-0.3, -0.25) is 5.32 Å². The van der Waals surface area contributed by atoms with E-state index in [1.54, 1.807) is 0 Å². The van der Waals surface area contributed by atoms with Crippen molar-refractivity contribution in [1.29, 1.82) is 0 Å². The van der Waals surface area contributed by atoms with Crippen molar-refractivity contribution < 1.29 is 9.53 Å². The summed E-state index contributed by atoms with van der Waals surface area (Å²) in [6.07, 6.45) is -0.431. The van der Waals surface area contributed by atoms with Gasteiger partial charge < -0.3 is 4.74 Å². The highest BCUT2D eigenvalue weighted by molar-refractivity contribution is 5.86. The van der Waals surface area contributed by atoms with Crippen LogP contribution in [0.1, 0.15) is 16.7 Å². The number of nitrogens with one attached hydrogen (secondary N) is 1. The molecule has 76 valence electrons. The summed E-state index contributed by atoms with van der Waals surface area (Å²) in [6, 6.07) is 4.05. The molecule has 0 atom stereocenters. The minimum absolute atomic E-state index is 0.431. The summed E-state index contributed by atoms with van der Waals surface area (Å²) < 4.78 is 4.54. The number of benzene rings is 1. The first-order valence-corrected chi connectivity index (χ1v) is 4.47. The number of hydrogen-bond donors (Lipinski definition) is 1. The van der Waals surface area contributed by atoms with E-state index in [4.69, 9.17) is 0 Å². The van der Waals surface area contributed by atoms with E-state index < -0.39 is 6.09 Å². The van der Waals surface area contributed by atoms with Gasteiger partial charge in [0.1, 0.15) is 0 Å². The highest BCUT2D eigenvalue weighted by atomic mass is 16.5. The molecule has 0 saturated carbocycles. The molecule has 3 heteroatoms. The van der Waals surface area contributed by atoms with Crippen LogP contribution in [0.25, 0.3) is 0 Å². The first kappa shape index (κ1) is 10.6. The zero-order chi connectivity index (χ0) is 10.7. The molecule has 3 nitrogen and oxygen atoms in total. The van der Waals surface area contributed by atoms with Crippen molar-refractivity contribution in [2.24, 2.45) is 0 Å². The monoisotopic (exact) mass is 193 g/mol. The van der Waals surface area contributed by atoms with Crippen LogP contribution in [0.2, 0.25) is 0 Å². The van der Waals surface area contributed by atoms with Gasteiger partial charge in [-0.25, -0.2) is 4.79 Å². The highest BCUT2D eigenvalue weighted by Gasteiger charge is 2.07. The molecule has 0 aromatic heterocycles. The normalized spacial score (nSPS) is 9.71. The molecule has 0 spiro atoms. The summed E-state index contributed by atoms with van der Waals surface area (Å²) >= 11 is 0. The molecular formula is C11H15NO2. The number of carbonyl (C=O) groups is 1. The lowest BCUT2D eigenvalue weighted by atomic mass is 10.1. The molecule has 0 aliphatic carbocycles. The van der Waals surface area contributed by atoms with E-state index in [0.717, 1.165) is 16.8 Å². The molecule has 1 aromatic rings. The highest BCUT2D eigenvalue weighted by Crippen LogP contribution is 2.21. The molecular weight excluding hydrogens is 178 g/mol. The fourth-order valence-corrected chi connectivity index (χ4v) is 1.53. The summed E-state index contributed by atoms with van der Waals surface area (Å²) in [4.78, 5) is 11.0. The van der Waals surface area contributed by atoms with E-state index in [-0.39, 0.29) is 0 Å². The Labute approximate surface area is 84.1 Å². The van der Waals surface area contributed by atoms with Crippen LogP contribution < -0.4 is 5.32 Å². The van der Waals surface area contributed by atoms with E-state index in [9.17, 15) is 4.79 Å². The second-order valence-electron chi connectivity index (χ2n) is 3.39. The Morgan fingerprint density at radius 1 is 1.21 bits per heavy atom. The maximum absolute atomic E-state index is 11.0. The smallest absolute Gasteiger partial charge is 0.411 e. The number of hydrogen-bond acceptors (Lipinski definition) is 2. The molecule has 0 heterocycles. The molecule has 1 rings (SSSR count). The van der Waals surface area contributed by atoms with Crippen molar-refractivity contribution in [1.82, 2.24) is 0 Å². The lowest BCUT2D eigenvalue weighted by Gasteiger charge is -2.11. The van der Waals surface area contributed by atoms with Crippen molar-refractivity contribution >= 4 is 11.8 Å². The number of ether oxygens (including phenoxy) is 1. The molecule has 0 fully saturated rings. The van der Waals surface area contributed by atoms with Gasteiger partial charge in [-0.2, -0.15) is 0 Å². The molecule has 1 amide bonds. The van der Waals surface area contributed by atoms with Crippen LogP contribution in [-0.4, -0.2) is 13.2 Å². The maximum atomic E-state index is 11.0. The van der Waals surface area contributed by atoms with Gasteiger partial charge in [-0.1, -0.05) is 17.7 Å². The summed E-state index contributed by atoms with van der Waals surface area (Å²) in [5, 5.41) is 2.69. The Morgan fingerprint density at radius 2 is 1.71 bits per heavy atom. The summed E-state index contributed by atoms with van der Waals surface area (Å²) in [6.45, 7) is 5.96. The Morgan fingerprint density at radius 3 is 2.14 bits per heavy atom. The quantitative estimate of drug-likeness (QED) is 0.744. The first-order chi connectivity index (χ1) is 6.54. The summed E-state index contributed by atoms with van der Waals surface area (Å²) in [7, 11) is 1.36. The molecule has 1 N–H and O–H groups in total. The lowest BCUT2D eigenvalue weighted by Crippen LogP contribution is -2.13. The van der Waals surface area contributed by atoms with Crippen molar-refractivity contribution in [3.05, 3.63) is 28.8 Å². The average Bonchev–Trinajstić information content (AvgIpc) is 2.10. The van der Waals surface area contributed by atoms with Crippen molar-refractivity contribution in [2.75, 3.05) is 12.4 Å². The summed E-state index contributed by atoms with van der Waals surface area (Å²) in [5.74, 6) is 0. The third kappa shape index (κ3) is 2.25. The van der Waals surface area contributed by atoms with Crippen LogP contribution in [0.5, 0.6) is 0 Å². The van der Waals surface area contributed by atoms with Crippen LogP contribution in [0.4, 0.5) is 10.5 Å². The van der Waals surface area contributed by atoms with Crippen LogP contribution in [-0.2, 0) is 4.74 Å². The van der Waals surface area contributed by atoms with Gasteiger partial charge in [0.15, 0.2) is 0 Å². The maximum Gasteiger partial charge on any atom is 0.411 e. The number of amides is 1. The number of carbonyl (C=O) groups excluding carboxylic acids is 1. The van der Waals surface area contributed by atoms with Gasteiger partial charge in [0.2, 0.25) is 0 Å². The lowest BCUT2D eigenvalue weighted by molar-refractivity contribution is 0.187. The van der Waals surface area contributed by atoms with E-state index in [1.807, 2.05) is 32.9 Å². The second-order valence-corrected chi connectivity index (χ2v) is 3.39. The van der Waals surface area contributed by atoms with E-state index in [1.165, 1.54) is 12.7 Å². The largest absolute Gasteiger partial charge is 0.453 e. The van der Waals surface area contributed by atoms with Crippen LogP contribution in [0.3, 0.4) is 0 Å². The molecule has 1 aromatic carbocycles. The predicted molar refractivity (Wildman–Crippen MR) is 56.7 cm³/mol. The second kappa shape index (κ2) is 4.13. The molecule has 0 unspecified atom stereocenters. The van der Waals surface area contributed by atoms with Gasteiger partial charge in [0.05, 0.1) is 7.11 Å². The number of rotatable bonds is 1. The third-order valence-corrected chi connectivity index (χ3v) is 2.09. The molecule has 0 radical (unpaired) electrons. The zero-order valence-electron chi connectivity index (χ0n) is 8.97. The minimum atomic E-state index is -0.431. The van der Waals surface area contributed by atoms with Crippen molar-refractivity contribution in [2.45, 2.75) is 20.8 Å². The average molecular weight is 193 g/mol. The van der Waals surface area contributed by atoms with Crippen molar-refractivity contribution in [3.8, 4) is 0 Å². The van der Waals surface area contributed by atoms with Crippen LogP contribution in [0.15, 0.2) is 12.1 Å². The minimum Gasteiger partial charge on any atom is -0.453 e. The van der Waals surface area contributed by atoms with Gasteiger partial charge in [-0.15, -0.1) is 0 Å². The van der Waals surface area contributed by atoms with Crippen LogP contribution in [0, 0.1) is 20.8 Å². The molecule has 0 bridgehead atoms. The fraction of sp³-hybridized carbons (Fsp3) is 0.364. The van der Waals surface area contributed by atoms with Gasteiger partial charge in [-0.05, 0) is 31.9 Å². The van der Waals surface area contributed by atoms with E-state index in [0.29, 0.717) is 0 Å². The Kier molecular flexibility index (Phi) is 3.12. The molecule has 0 saturated heterocycles. The van der Waals surface area contributed by atoms with Crippen molar-refractivity contribution in [3.63, 3.8) is 0 Å². The SMILES string of the molecule is COC(=O)Nc1c(C)cc(C)cc1C. The Bertz CT molecular complexity index is 335. The fourth-order valence-electron chi connectivity index (χ4n) is 1.53. The Balaban J connectivity index is 3.02. The summed E-state index contributed by atoms with van der Waals surface area (Å²) in [5.41, 5.74) is 4.12. The Hall–Kier alpha value is -1.51. The number of anilines is 1. The standard InChI is InChI=1S/C11H15NO2/c1-7-5-8(2)10(9(3)6-7)12-11(13)14-4/h5-6H,1-4H3,(H,12,13). The molecule has 0 aliphatic heterocycles. The number of methoxy groups -OCH3 is 1. The zero-order valence-corrected chi connectivity index (χ0v) is 8.97. The van der Waals surface area contributed by atoms with Gasteiger partial charge in [0, 0.05) is 5.69 Å². The number of aryl methyl sites for hydroxylation is 3. The van der Waals surface area contributed by atoms with E-state index in [2.05, 4.69) is 10.1 Å². The first-order valence-electron chi connectivity index (χ1n) is 4.47. The van der Waals surface area contributed by atoms with Crippen LogP contribution >= 0.6 is 0 Å². The topological polar surface area (TPSA) is 38.3 Å². The molecule has 14 heavy (non-hydrogen) atoms. The predicted octanol–water partition coefficient (Wildman–Crippen LogP) is 2.79. The van der Waals surface area contributed by atoms with Gasteiger partial charge >= 0.3 is 6.09 Å². The van der Waals surface area contributed by atoms with E-state index >= 15 is 0 Å². The molecule has 0 aliphatic rings. The third-order valence-electron chi connectivity index (χ3n) is 2.09. The van der Waals surface area contributed by atoms with Gasteiger partial charge in [0.25, 0.3) is 0 Å².